The van der Waals surface area contributed by atoms with Crippen LogP contribution in [0.2, 0.25) is 0 Å². The van der Waals surface area contributed by atoms with Gasteiger partial charge >= 0.3 is 0 Å². The highest BCUT2D eigenvalue weighted by Crippen LogP contribution is 2.18. The fourth-order valence-electron chi connectivity index (χ4n) is 1.62. The lowest BCUT2D eigenvalue weighted by Gasteiger charge is -2.09. The van der Waals surface area contributed by atoms with Crippen LogP contribution >= 0.6 is 0 Å². The molecule has 0 spiro atoms. The second-order valence-corrected chi connectivity index (χ2v) is 4.27. The van der Waals surface area contributed by atoms with Gasteiger partial charge in [-0.05, 0) is 31.0 Å². The van der Waals surface area contributed by atoms with E-state index in [0.29, 0.717) is 26.4 Å². The van der Waals surface area contributed by atoms with Gasteiger partial charge in [0.15, 0.2) is 0 Å². The topological polar surface area (TPSA) is 47.9 Å². The fourth-order valence-corrected chi connectivity index (χ4v) is 1.62. The molecule has 0 radical (unpaired) electrons. The summed E-state index contributed by atoms with van der Waals surface area (Å²) in [5.74, 6) is 6.25. The number of hydrogen-bond donors (Lipinski definition) is 1. The van der Waals surface area contributed by atoms with Gasteiger partial charge in [-0.2, -0.15) is 0 Å². The summed E-state index contributed by atoms with van der Waals surface area (Å²) in [6.45, 7) is 4.22. The van der Waals surface area contributed by atoms with Crippen molar-refractivity contribution in [1.29, 1.82) is 0 Å². The minimum absolute atomic E-state index is 0.157. The number of aliphatic hydroxyl groups excluding tert-OH is 1. The number of benzene rings is 1. The number of methoxy groups -OCH3 is 1. The van der Waals surface area contributed by atoms with E-state index in [1.807, 2.05) is 25.1 Å². The molecule has 0 fully saturated rings. The molecule has 1 N–H and O–H groups in total. The zero-order chi connectivity index (χ0) is 14.6. The molecule has 1 aromatic carbocycles. The number of rotatable bonds is 8. The summed E-state index contributed by atoms with van der Waals surface area (Å²) in [4.78, 5) is 0. The van der Waals surface area contributed by atoms with E-state index in [0.717, 1.165) is 23.3 Å². The first kappa shape index (κ1) is 16.5. The molecule has 0 aliphatic heterocycles. The summed E-state index contributed by atoms with van der Waals surface area (Å²) in [7, 11) is 1.68. The first-order valence-corrected chi connectivity index (χ1v) is 6.67. The summed E-state index contributed by atoms with van der Waals surface area (Å²) >= 11 is 0. The Morgan fingerprint density at radius 2 is 2.00 bits per heavy atom. The molecule has 20 heavy (non-hydrogen) atoms. The lowest BCUT2D eigenvalue weighted by atomic mass is 10.1. The molecule has 0 aliphatic carbocycles. The maximum absolute atomic E-state index is 8.76. The third-order valence-electron chi connectivity index (χ3n) is 2.56. The molecule has 0 atom stereocenters. The van der Waals surface area contributed by atoms with Gasteiger partial charge in [-0.1, -0.05) is 17.9 Å². The summed E-state index contributed by atoms with van der Waals surface area (Å²) < 4.78 is 16.0. The highest BCUT2D eigenvalue weighted by molar-refractivity contribution is 5.48. The molecule has 110 valence electrons. The third kappa shape index (κ3) is 6.58. The van der Waals surface area contributed by atoms with Crippen LogP contribution in [0.3, 0.4) is 0 Å². The first-order valence-electron chi connectivity index (χ1n) is 6.67. The van der Waals surface area contributed by atoms with Gasteiger partial charge in [0.1, 0.15) is 19.0 Å². The average molecular weight is 278 g/mol. The van der Waals surface area contributed by atoms with Crippen LogP contribution in [-0.4, -0.2) is 45.3 Å². The standard InChI is InChI=1S/C16H22O4/c1-14-6-7-16(15(13-14)5-3-8-17)20-12-11-19-10-4-9-18-2/h6-7,13,17H,4,8-12H2,1-2H3. The molecule has 1 rings (SSSR count). The molecule has 4 nitrogen and oxygen atoms in total. The van der Waals surface area contributed by atoms with Crippen LogP contribution in [0.25, 0.3) is 0 Å². The van der Waals surface area contributed by atoms with Crippen molar-refractivity contribution in [3.05, 3.63) is 29.3 Å². The van der Waals surface area contributed by atoms with Crippen molar-refractivity contribution in [2.45, 2.75) is 13.3 Å². The minimum Gasteiger partial charge on any atom is -0.490 e. The molecule has 0 unspecified atom stereocenters. The Morgan fingerprint density at radius 3 is 2.75 bits per heavy atom. The average Bonchev–Trinajstić information content (AvgIpc) is 2.45. The predicted molar refractivity (Wildman–Crippen MR) is 77.9 cm³/mol. The molecular weight excluding hydrogens is 256 g/mol. The van der Waals surface area contributed by atoms with Gasteiger partial charge in [0, 0.05) is 20.3 Å². The third-order valence-corrected chi connectivity index (χ3v) is 2.56. The Kier molecular flexibility index (Phi) is 8.48. The summed E-state index contributed by atoms with van der Waals surface area (Å²) in [6.07, 6.45) is 0.883. The zero-order valence-corrected chi connectivity index (χ0v) is 12.1. The molecule has 0 aliphatic rings. The van der Waals surface area contributed by atoms with Crippen molar-refractivity contribution in [1.82, 2.24) is 0 Å². The number of hydrogen-bond acceptors (Lipinski definition) is 4. The maximum Gasteiger partial charge on any atom is 0.135 e. The monoisotopic (exact) mass is 278 g/mol. The summed E-state index contributed by atoms with van der Waals surface area (Å²) in [6, 6.07) is 5.80. The lowest BCUT2D eigenvalue weighted by molar-refractivity contribution is 0.0806. The molecule has 4 heteroatoms. The van der Waals surface area contributed by atoms with E-state index in [1.54, 1.807) is 7.11 Å². The molecule has 0 saturated carbocycles. The van der Waals surface area contributed by atoms with E-state index in [-0.39, 0.29) is 6.61 Å². The van der Waals surface area contributed by atoms with Crippen LogP contribution in [0, 0.1) is 18.8 Å². The van der Waals surface area contributed by atoms with Crippen LogP contribution in [0.5, 0.6) is 5.75 Å². The highest BCUT2D eigenvalue weighted by Gasteiger charge is 2.01. The Hall–Kier alpha value is -1.54. The van der Waals surface area contributed by atoms with Crippen molar-refractivity contribution in [3.63, 3.8) is 0 Å². The van der Waals surface area contributed by atoms with Gasteiger partial charge in [0.2, 0.25) is 0 Å². The molecule has 0 aromatic heterocycles. The second kappa shape index (κ2) is 10.3. The number of ether oxygens (including phenoxy) is 3. The van der Waals surface area contributed by atoms with E-state index in [1.165, 1.54) is 0 Å². The summed E-state index contributed by atoms with van der Waals surface area (Å²) in [5.41, 5.74) is 1.90. The number of aryl methyl sites for hydroxylation is 1. The van der Waals surface area contributed by atoms with E-state index < -0.39 is 0 Å². The Morgan fingerprint density at radius 1 is 1.15 bits per heavy atom. The zero-order valence-electron chi connectivity index (χ0n) is 12.1. The van der Waals surface area contributed by atoms with Crippen molar-refractivity contribution in [2.24, 2.45) is 0 Å². The van der Waals surface area contributed by atoms with Crippen LogP contribution in [0.4, 0.5) is 0 Å². The lowest BCUT2D eigenvalue weighted by Crippen LogP contribution is -2.09. The number of aliphatic hydroxyl groups is 1. The summed E-state index contributed by atoms with van der Waals surface area (Å²) in [5, 5.41) is 8.76. The largest absolute Gasteiger partial charge is 0.490 e. The van der Waals surface area contributed by atoms with Crippen molar-refractivity contribution >= 4 is 0 Å². The van der Waals surface area contributed by atoms with E-state index in [9.17, 15) is 0 Å². The van der Waals surface area contributed by atoms with Gasteiger partial charge in [0.05, 0.1) is 12.2 Å². The molecule has 0 heterocycles. The van der Waals surface area contributed by atoms with Gasteiger partial charge in [-0.15, -0.1) is 0 Å². The quantitative estimate of drug-likeness (QED) is 0.581. The van der Waals surface area contributed by atoms with Crippen LogP contribution in [0.15, 0.2) is 18.2 Å². The van der Waals surface area contributed by atoms with Crippen LogP contribution < -0.4 is 4.74 Å². The Bertz CT molecular complexity index is 446. The fraction of sp³-hybridized carbons (Fsp3) is 0.500. The van der Waals surface area contributed by atoms with Gasteiger partial charge in [0.25, 0.3) is 0 Å². The molecular formula is C16H22O4. The van der Waals surface area contributed by atoms with Crippen LogP contribution in [-0.2, 0) is 9.47 Å². The maximum atomic E-state index is 8.76. The van der Waals surface area contributed by atoms with E-state index in [4.69, 9.17) is 19.3 Å². The normalized spacial score (nSPS) is 9.95. The van der Waals surface area contributed by atoms with Crippen LogP contribution in [0.1, 0.15) is 17.5 Å². The highest BCUT2D eigenvalue weighted by atomic mass is 16.5. The molecule has 0 saturated heterocycles. The first-order chi connectivity index (χ1) is 9.77. The predicted octanol–water partition coefficient (Wildman–Crippen LogP) is 1.77. The SMILES string of the molecule is COCCCOCCOc1ccc(C)cc1C#CCO. The van der Waals surface area contributed by atoms with E-state index >= 15 is 0 Å². The van der Waals surface area contributed by atoms with Gasteiger partial charge in [-0.3, -0.25) is 0 Å². The Labute approximate surface area is 120 Å². The molecule has 0 bridgehead atoms. The van der Waals surface area contributed by atoms with Crippen molar-refractivity contribution in [2.75, 3.05) is 40.1 Å². The van der Waals surface area contributed by atoms with Gasteiger partial charge < -0.3 is 19.3 Å². The molecule has 1 aromatic rings. The smallest absolute Gasteiger partial charge is 0.135 e. The second-order valence-electron chi connectivity index (χ2n) is 4.27. The van der Waals surface area contributed by atoms with E-state index in [2.05, 4.69) is 11.8 Å². The Balaban J connectivity index is 2.39. The van der Waals surface area contributed by atoms with Gasteiger partial charge in [-0.25, -0.2) is 0 Å². The minimum atomic E-state index is -0.157. The van der Waals surface area contributed by atoms with Crippen molar-refractivity contribution in [3.8, 4) is 17.6 Å². The molecule has 0 amide bonds. The van der Waals surface area contributed by atoms with Crippen molar-refractivity contribution < 1.29 is 19.3 Å².